The summed E-state index contributed by atoms with van der Waals surface area (Å²) >= 11 is 0. The number of piperidine rings is 1. The van der Waals surface area contributed by atoms with E-state index in [9.17, 15) is 14.4 Å². The lowest BCUT2D eigenvalue weighted by atomic mass is 9.82. The van der Waals surface area contributed by atoms with E-state index >= 15 is 0 Å². The summed E-state index contributed by atoms with van der Waals surface area (Å²) < 4.78 is 1.26. The van der Waals surface area contributed by atoms with Crippen LogP contribution in [0.4, 0.5) is 0 Å². The largest absolute Gasteiger partial charge is 0.337 e. The second kappa shape index (κ2) is 7.57. The molecule has 3 aromatic rings. The molecule has 0 spiro atoms. The van der Waals surface area contributed by atoms with Crippen molar-refractivity contribution in [1.29, 1.82) is 0 Å². The highest BCUT2D eigenvalue weighted by Gasteiger charge is 2.45. The maximum absolute atomic E-state index is 12.9. The van der Waals surface area contributed by atoms with E-state index in [1.807, 2.05) is 30.0 Å². The normalized spacial score (nSPS) is 20.3. The first-order chi connectivity index (χ1) is 15.0. The van der Waals surface area contributed by atoms with Crippen LogP contribution < -0.4 is 5.56 Å². The monoisotopic (exact) mass is 418 g/mol. The van der Waals surface area contributed by atoms with Gasteiger partial charge in [0.25, 0.3) is 11.5 Å². The molecule has 0 unspecified atom stereocenters. The molecule has 5 rings (SSSR count). The highest BCUT2D eigenvalue weighted by atomic mass is 16.2. The Morgan fingerprint density at radius 2 is 1.94 bits per heavy atom. The average molecular weight is 418 g/mol. The lowest BCUT2D eigenvalue weighted by molar-refractivity contribution is -0.148. The first-order valence-corrected chi connectivity index (χ1v) is 10.3. The number of hydrogen-bond donors (Lipinski definition) is 0. The molecule has 31 heavy (non-hydrogen) atoms. The molecule has 9 nitrogen and oxygen atoms in total. The van der Waals surface area contributed by atoms with Gasteiger partial charge >= 0.3 is 0 Å². The van der Waals surface area contributed by atoms with E-state index in [4.69, 9.17) is 0 Å². The third kappa shape index (κ3) is 3.35. The second-order valence-corrected chi connectivity index (χ2v) is 8.10. The molecule has 2 amide bonds. The molecular weight excluding hydrogens is 396 g/mol. The highest BCUT2D eigenvalue weighted by molar-refractivity contribution is 5.92. The van der Waals surface area contributed by atoms with Crippen LogP contribution in [0.15, 0.2) is 47.7 Å². The maximum atomic E-state index is 12.9. The number of nitrogens with zero attached hydrogens (tertiary/aromatic N) is 6. The van der Waals surface area contributed by atoms with Crippen LogP contribution in [0.1, 0.15) is 22.6 Å². The topological polar surface area (TPSA) is 101 Å². The van der Waals surface area contributed by atoms with E-state index in [1.54, 1.807) is 11.0 Å². The van der Waals surface area contributed by atoms with Gasteiger partial charge in [0.05, 0.1) is 17.3 Å². The molecule has 2 aromatic heterocycles. The number of aryl methyl sites for hydroxylation is 1. The molecule has 9 heteroatoms. The van der Waals surface area contributed by atoms with Crippen molar-refractivity contribution in [2.45, 2.75) is 25.9 Å². The van der Waals surface area contributed by atoms with Gasteiger partial charge in [0.2, 0.25) is 5.91 Å². The molecule has 158 valence electrons. The summed E-state index contributed by atoms with van der Waals surface area (Å²) in [5.41, 5.74) is 0.807. The molecule has 0 radical (unpaired) electrons. The van der Waals surface area contributed by atoms with E-state index in [2.05, 4.69) is 15.1 Å². The number of carbonyl (C=O) groups excluding carboxylic acids is 2. The Balaban J connectivity index is 1.26. The van der Waals surface area contributed by atoms with E-state index in [0.717, 1.165) is 11.1 Å². The van der Waals surface area contributed by atoms with E-state index < -0.39 is 0 Å². The van der Waals surface area contributed by atoms with Crippen LogP contribution in [0.25, 0.3) is 10.8 Å². The summed E-state index contributed by atoms with van der Waals surface area (Å²) in [6.45, 7) is 3.50. The van der Waals surface area contributed by atoms with Crippen molar-refractivity contribution >= 4 is 22.6 Å². The van der Waals surface area contributed by atoms with Gasteiger partial charge in [-0.25, -0.2) is 9.67 Å². The fraction of sp³-hybridized carbons (Fsp3) is 0.364. The Bertz CT molecular complexity index is 1220. The summed E-state index contributed by atoms with van der Waals surface area (Å²) in [5.74, 6) is -0.000654. The average Bonchev–Trinajstić information content (AvgIpc) is 2.78. The summed E-state index contributed by atoms with van der Waals surface area (Å²) in [6, 6.07) is 7.40. The van der Waals surface area contributed by atoms with Crippen molar-refractivity contribution < 1.29 is 9.59 Å². The predicted octanol–water partition coefficient (Wildman–Crippen LogP) is 0.868. The minimum absolute atomic E-state index is 0.0734. The first-order valence-electron chi connectivity index (χ1n) is 10.3. The smallest absolute Gasteiger partial charge is 0.275 e. The Morgan fingerprint density at radius 3 is 2.68 bits per heavy atom. The Hall–Kier alpha value is -3.62. The number of likely N-dealkylation sites (tertiary alicyclic amines) is 2. The molecule has 0 aliphatic carbocycles. The van der Waals surface area contributed by atoms with Crippen molar-refractivity contribution in [1.82, 2.24) is 29.5 Å². The number of carbonyl (C=O) groups is 2. The minimum atomic E-state index is -0.254. The molecule has 2 aliphatic rings. The van der Waals surface area contributed by atoms with Crippen molar-refractivity contribution in [2.24, 2.45) is 5.92 Å². The van der Waals surface area contributed by atoms with Gasteiger partial charge in [0.15, 0.2) is 0 Å². The number of hydrogen-bond acceptors (Lipinski definition) is 6. The van der Waals surface area contributed by atoms with Crippen LogP contribution in [0.5, 0.6) is 0 Å². The fourth-order valence-electron chi connectivity index (χ4n) is 4.63. The molecule has 0 bridgehead atoms. The lowest BCUT2D eigenvalue weighted by Crippen LogP contribution is -2.66. The SMILES string of the molecule is Cc1nn(CC(=O)N2C[C@@H]3CN(C(=O)c4cnccn4)CC[C@@H]32)c(=O)c2ccccc12. The van der Waals surface area contributed by atoms with Crippen molar-refractivity contribution in [3.8, 4) is 0 Å². The Kier molecular flexibility index (Phi) is 4.72. The van der Waals surface area contributed by atoms with Gasteiger partial charge in [-0.1, -0.05) is 18.2 Å². The zero-order chi connectivity index (χ0) is 21.5. The number of rotatable bonds is 3. The zero-order valence-electron chi connectivity index (χ0n) is 17.1. The maximum Gasteiger partial charge on any atom is 0.275 e. The first kappa shape index (κ1) is 19.3. The minimum Gasteiger partial charge on any atom is -0.337 e. The van der Waals surface area contributed by atoms with Crippen LogP contribution in [0, 0.1) is 12.8 Å². The summed E-state index contributed by atoms with van der Waals surface area (Å²) in [6.07, 6.45) is 5.23. The number of aromatic nitrogens is 4. The lowest BCUT2D eigenvalue weighted by Gasteiger charge is -2.53. The van der Waals surface area contributed by atoms with Crippen molar-refractivity contribution in [3.05, 3.63) is 64.6 Å². The zero-order valence-corrected chi connectivity index (χ0v) is 17.1. The fourth-order valence-corrected chi connectivity index (χ4v) is 4.63. The third-order valence-electron chi connectivity index (χ3n) is 6.25. The molecule has 2 fully saturated rings. The van der Waals surface area contributed by atoms with Crippen LogP contribution in [0.3, 0.4) is 0 Å². The van der Waals surface area contributed by atoms with Crippen LogP contribution in [-0.2, 0) is 11.3 Å². The van der Waals surface area contributed by atoms with Gasteiger partial charge in [-0.05, 0) is 19.4 Å². The number of amides is 2. The summed E-state index contributed by atoms with van der Waals surface area (Å²) in [7, 11) is 0. The Morgan fingerprint density at radius 1 is 1.13 bits per heavy atom. The highest BCUT2D eigenvalue weighted by Crippen LogP contribution is 2.33. The molecule has 2 aliphatic heterocycles. The van der Waals surface area contributed by atoms with Crippen LogP contribution in [0.2, 0.25) is 0 Å². The van der Waals surface area contributed by atoms with Crippen molar-refractivity contribution in [2.75, 3.05) is 19.6 Å². The van der Waals surface area contributed by atoms with Gasteiger partial charge in [0.1, 0.15) is 12.2 Å². The van der Waals surface area contributed by atoms with E-state index in [-0.39, 0.29) is 35.9 Å². The van der Waals surface area contributed by atoms with Gasteiger partial charge in [-0.15, -0.1) is 0 Å². The van der Waals surface area contributed by atoms with Crippen LogP contribution in [-0.4, -0.2) is 67.0 Å². The van der Waals surface area contributed by atoms with Crippen molar-refractivity contribution in [3.63, 3.8) is 0 Å². The molecule has 0 N–H and O–H groups in total. The molecular formula is C22H22N6O3. The number of fused-ring (bicyclic) bond motifs is 2. The van der Waals surface area contributed by atoms with Gasteiger partial charge in [0, 0.05) is 49.4 Å². The molecule has 1 aromatic carbocycles. The van der Waals surface area contributed by atoms with Gasteiger partial charge < -0.3 is 9.80 Å². The summed E-state index contributed by atoms with van der Waals surface area (Å²) in [4.78, 5) is 49.9. The summed E-state index contributed by atoms with van der Waals surface area (Å²) in [5, 5.41) is 5.72. The third-order valence-corrected chi connectivity index (χ3v) is 6.25. The van der Waals surface area contributed by atoms with E-state index in [0.29, 0.717) is 37.1 Å². The quantitative estimate of drug-likeness (QED) is 0.626. The van der Waals surface area contributed by atoms with Crippen LogP contribution >= 0.6 is 0 Å². The Labute approximate surface area is 178 Å². The number of benzene rings is 1. The van der Waals surface area contributed by atoms with Gasteiger partial charge in [-0.3, -0.25) is 19.4 Å². The molecule has 2 atom stereocenters. The molecule has 0 saturated carbocycles. The second-order valence-electron chi connectivity index (χ2n) is 8.10. The molecule has 2 saturated heterocycles. The molecule has 4 heterocycles. The van der Waals surface area contributed by atoms with E-state index in [1.165, 1.54) is 23.3 Å². The standard InChI is InChI=1S/C22H22N6O3/c1-14-16-4-2-3-5-17(16)21(30)28(25-14)13-20(29)27-12-15-11-26(9-6-19(15)27)22(31)18-10-23-7-8-24-18/h2-5,7-8,10,15,19H,6,9,11-13H2,1H3/t15-,19-/m0/s1. The predicted molar refractivity (Wildman–Crippen MR) is 112 cm³/mol. The van der Waals surface area contributed by atoms with Gasteiger partial charge in [-0.2, -0.15) is 5.10 Å².